The summed E-state index contributed by atoms with van der Waals surface area (Å²) < 4.78 is 80.3. The Morgan fingerprint density at radius 3 is 2.22 bits per heavy atom. The van der Waals surface area contributed by atoms with Gasteiger partial charge in [-0.3, -0.25) is 0 Å². The SMILES string of the molecule is O=S(=O)(c1ccc(F)cc1)C1(F)CCN(CCc2cccc(F)c2F)CC1. The number of likely N-dealkylation sites (tertiary alicyclic amines) is 1. The van der Waals surface area contributed by atoms with Crippen molar-refractivity contribution in [2.24, 2.45) is 0 Å². The third kappa shape index (κ3) is 4.01. The summed E-state index contributed by atoms with van der Waals surface area (Å²) in [4.78, 5) is 1.57. The Hall–Kier alpha value is -1.93. The zero-order valence-corrected chi connectivity index (χ0v) is 15.3. The van der Waals surface area contributed by atoms with Crippen molar-refractivity contribution >= 4 is 9.84 Å². The highest BCUT2D eigenvalue weighted by Crippen LogP contribution is 2.36. The Labute approximate surface area is 155 Å². The van der Waals surface area contributed by atoms with Crippen molar-refractivity contribution in [1.82, 2.24) is 4.90 Å². The molecule has 0 amide bonds. The number of piperidine rings is 1. The molecular formula is C19H19F4NO2S. The van der Waals surface area contributed by atoms with E-state index >= 15 is 4.39 Å². The largest absolute Gasteiger partial charge is 0.303 e. The van der Waals surface area contributed by atoms with Crippen molar-refractivity contribution in [2.45, 2.75) is 29.2 Å². The predicted octanol–water partition coefficient (Wildman–Crippen LogP) is 3.88. The summed E-state index contributed by atoms with van der Waals surface area (Å²) in [5.74, 6) is -2.41. The second-order valence-corrected chi connectivity index (χ2v) is 8.85. The highest BCUT2D eigenvalue weighted by molar-refractivity contribution is 7.92. The second-order valence-electron chi connectivity index (χ2n) is 6.65. The van der Waals surface area contributed by atoms with E-state index < -0.39 is 32.3 Å². The fourth-order valence-corrected chi connectivity index (χ4v) is 4.86. The lowest BCUT2D eigenvalue weighted by Crippen LogP contribution is -2.46. The van der Waals surface area contributed by atoms with Crippen molar-refractivity contribution < 1.29 is 26.0 Å². The normalized spacial score (nSPS) is 17.8. The van der Waals surface area contributed by atoms with Crippen LogP contribution < -0.4 is 0 Å². The summed E-state index contributed by atoms with van der Waals surface area (Å²) in [6.07, 6.45) is -0.232. The minimum absolute atomic E-state index is 0.174. The predicted molar refractivity (Wildman–Crippen MR) is 93.2 cm³/mol. The number of sulfone groups is 1. The first kappa shape index (κ1) is 19.8. The molecule has 1 heterocycles. The zero-order valence-electron chi connectivity index (χ0n) is 14.5. The Morgan fingerprint density at radius 1 is 0.963 bits per heavy atom. The maximum absolute atomic E-state index is 15.2. The molecule has 0 aliphatic carbocycles. The van der Waals surface area contributed by atoms with E-state index in [1.54, 1.807) is 0 Å². The maximum atomic E-state index is 15.2. The summed E-state index contributed by atoms with van der Waals surface area (Å²) >= 11 is 0. The van der Waals surface area contributed by atoms with Crippen LogP contribution in [0.15, 0.2) is 47.4 Å². The molecule has 146 valence electrons. The minimum Gasteiger partial charge on any atom is -0.303 e. The molecule has 1 saturated heterocycles. The number of alkyl halides is 1. The molecule has 27 heavy (non-hydrogen) atoms. The molecular weight excluding hydrogens is 382 g/mol. The summed E-state index contributed by atoms with van der Waals surface area (Å²) in [6.45, 7) is 0.717. The van der Waals surface area contributed by atoms with Crippen LogP contribution >= 0.6 is 0 Å². The van der Waals surface area contributed by atoms with Gasteiger partial charge in [-0.1, -0.05) is 12.1 Å². The van der Waals surface area contributed by atoms with Gasteiger partial charge in [-0.25, -0.2) is 26.0 Å². The molecule has 2 aromatic carbocycles. The minimum atomic E-state index is -4.25. The van der Waals surface area contributed by atoms with Gasteiger partial charge in [0.2, 0.25) is 14.8 Å². The van der Waals surface area contributed by atoms with Crippen molar-refractivity contribution in [1.29, 1.82) is 0 Å². The number of nitrogens with zero attached hydrogens (tertiary/aromatic N) is 1. The van der Waals surface area contributed by atoms with Crippen molar-refractivity contribution in [3.8, 4) is 0 Å². The molecule has 1 fully saturated rings. The van der Waals surface area contributed by atoms with Crippen molar-refractivity contribution in [2.75, 3.05) is 19.6 Å². The highest BCUT2D eigenvalue weighted by atomic mass is 32.2. The number of hydrogen-bond donors (Lipinski definition) is 0. The van der Waals surface area contributed by atoms with Gasteiger partial charge in [0.1, 0.15) is 5.82 Å². The van der Waals surface area contributed by atoms with Gasteiger partial charge in [0.05, 0.1) is 4.90 Å². The molecule has 2 aromatic rings. The van der Waals surface area contributed by atoms with E-state index in [1.807, 2.05) is 4.90 Å². The molecule has 1 aliphatic rings. The van der Waals surface area contributed by atoms with Crippen molar-refractivity contribution in [3.05, 3.63) is 65.5 Å². The van der Waals surface area contributed by atoms with Gasteiger partial charge in [-0.2, -0.15) is 0 Å². The Kier molecular flexibility index (Phi) is 5.58. The standard InChI is InChI=1S/C19H19F4NO2S/c20-15-4-6-16(7-5-15)27(25,26)19(23)9-12-24(13-10-19)11-8-14-2-1-3-17(21)18(14)22/h1-7H,8-13H2. The quantitative estimate of drug-likeness (QED) is 0.564. The smallest absolute Gasteiger partial charge is 0.217 e. The molecule has 0 atom stereocenters. The van der Waals surface area contributed by atoms with Crippen LogP contribution in [-0.4, -0.2) is 38.0 Å². The lowest BCUT2D eigenvalue weighted by Gasteiger charge is -2.35. The van der Waals surface area contributed by atoms with Gasteiger partial charge >= 0.3 is 0 Å². The average molecular weight is 401 g/mol. The molecule has 8 heteroatoms. The van der Waals surface area contributed by atoms with Crippen LogP contribution in [0.25, 0.3) is 0 Å². The molecule has 3 nitrogen and oxygen atoms in total. The lowest BCUT2D eigenvalue weighted by atomic mass is 10.1. The first-order valence-corrected chi connectivity index (χ1v) is 10.1. The van der Waals surface area contributed by atoms with Crippen LogP contribution in [0, 0.1) is 17.5 Å². The van der Waals surface area contributed by atoms with Gasteiger partial charge in [-0.15, -0.1) is 0 Å². The maximum Gasteiger partial charge on any atom is 0.217 e. The Balaban J connectivity index is 1.63. The summed E-state index contributed by atoms with van der Waals surface area (Å²) in [7, 11) is -4.25. The van der Waals surface area contributed by atoms with Gasteiger partial charge in [0.25, 0.3) is 0 Å². The molecule has 0 radical (unpaired) electrons. The van der Waals surface area contributed by atoms with Gasteiger partial charge < -0.3 is 4.90 Å². The number of hydrogen-bond acceptors (Lipinski definition) is 3. The number of rotatable bonds is 5. The molecule has 3 rings (SSSR count). The number of halogens is 4. The first-order valence-electron chi connectivity index (χ1n) is 8.57. The van der Waals surface area contributed by atoms with Crippen LogP contribution in [0.4, 0.5) is 17.6 Å². The molecule has 0 spiro atoms. The van der Waals surface area contributed by atoms with E-state index in [0.29, 0.717) is 6.54 Å². The second kappa shape index (κ2) is 7.59. The Morgan fingerprint density at radius 2 is 1.59 bits per heavy atom. The van der Waals surface area contributed by atoms with Crippen molar-refractivity contribution in [3.63, 3.8) is 0 Å². The first-order chi connectivity index (χ1) is 12.7. The van der Waals surface area contributed by atoms with Crippen LogP contribution in [0.2, 0.25) is 0 Å². The van der Waals surface area contributed by atoms with Crippen LogP contribution in [0.3, 0.4) is 0 Å². The van der Waals surface area contributed by atoms with Gasteiger partial charge in [0, 0.05) is 32.5 Å². The van der Waals surface area contributed by atoms with Gasteiger partial charge in [-0.05, 0) is 42.3 Å². The molecule has 0 unspecified atom stereocenters. The van der Waals surface area contributed by atoms with E-state index in [1.165, 1.54) is 12.1 Å². The fraction of sp³-hybridized carbons (Fsp3) is 0.368. The van der Waals surface area contributed by atoms with E-state index in [-0.39, 0.29) is 42.8 Å². The zero-order chi connectivity index (χ0) is 19.7. The van der Waals surface area contributed by atoms with E-state index in [0.717, 1.165) is 30.3 Å². The van der Waals surface area contributed by atoms with Crippen LogP contribution in [0.1, 0.15) is 18.4 Å². The van der Waals surface area contributed by atoms with Crippen LogP contribution in [-0.2, 0) is 16.3 Å². The van der Waals surface area contributed by atoms with Gasteiger partial charge in [0.15, 0.2) is 11.6 Å². The average Bonchev–Trinajstić information content (AvgIpc) is 2.64. The highest BCUT2D eigenvalue weighted by Gasteiger charge is 2.47. The van der Waals surface area contributed by atoms with E-state index in [2.05, 4.69) is 0 Å². The molecule has 0 saturated carbocycles. The van der Waals surface area contributed by atoms with E-state index in [9.17, 15) is 21.6 Å². The third-order valence-electron chi connectivity index (χ3n) is 4.94. The van der Waals surface area contributed by atoms with Crippen LogP contribution in [0.5, 0.6) is 0 Å². The molecule has 1 aliphatic heterocycles. The Bertz CT molecular complexity index is 908. The monoisotopic (exact) mass is 401 g/mol. The summed E-state index contributed by atoms with van der Waals surface area (Å²) in [5.41, 5.74) is 0.228. The third-order valence-corrected chi connectivity index (χ3v) is 7.20. The lowest BCUT2D eigenvalue weighted by molar-refractivity contribution is 0.120. The molecule has 0 N–H and O–H groups in total. The molecule has 0 bridgehead atoms. The molecule has 0 aromatic heterocycles. The fourth-order valence-electron chi connectivity index (χ4n) is 3.22. The topological polar surface area (TPSA) is 37.4 Å². The number of benzene rings is 2. The summed E-state index contributed by atoms with van der Waals surface area (Å²) in [5, 5.41) is -2.43. The van der Waals surface area contributed by atoms with E-state index in [4.69, 9.17) is 0 Å². The summed E-state index contributed by atoms with van der Waals surface area (Å²) in [6, 6.07) is 8.04.